The molecule has 0 saturated heterocycles. The molecule has 0 aliphatic carbocycles. The van der Waals surface area contributed by atoms with Crippen molar-refractivity contribution in [1.82, 2.24) is 14.8 Å². The first-order valence-corrected chi connectivity index (χ1v) is 9.31. The van der Waals surface area contributed by atoms with E-state index >= 15 is 0 Å². The van der Waals surface area contributed by atoms with Crippen LogP contribution in [0.15, 0.2) is 34.7 Å². The number of nitrogens with zero attached hydrogens (tertiary/aromatic N) is 3. The molecule has 140 valence electrons. The number of halogens is 1. The molecule has 0 radical (unpaired) electrons. The van der Waals surface area contributed by atoms with E-state index in [2.05, 4.69) is 10.1 Å². The van der Waals surface area contributed by atoms with E-state index in [1.165, 1.54) is 4.68 Å². The molecule has 0 aliphatic heterocycles. The Labute approximate surface area is 150 Å². The SMILES string of the molecule is CC(C)=CCCc1nc(CC(N)=O)nn1-c1cc(S(N)(=O)=O)ccc1F. The maximum absolute atomic E-state index is 14.3. The number of amides is 1. The van der Waals surface area contributed by atoms with Gasteiger partial charge in [-0.25, -0.2) is 27.6 Å². The van der Waals surface area contributed by atoms with Crippen molar-refractivity contribution in [2.45, 2.75) is 38.0 Å². The van der Waals surface area contributed by atoms with Crippen molar-refractivity contribution in [1.29, 1.82) is 0 Å². The second kappa shape index (κ2) is 7.75. The summed E-state index contributed by atoms with van der Waals surface area (Å²) in [5.74, 6) is -0.817. The highest BCUT2D eigenvalue weighted by Crippen LogP contribution is 2.20. The maximum Gasteiger partial charge on any atom is 0.238 e. The summed E-state index contributed by atoms with van der Waals surface area (Å²) < 4.78 is 38.6. The summed E-state index contributed by atoms with van der Waals surface area (Å²) in [5, 5.41) is 9.22. The molecule has 0 saturated carbocycles. The van der Waals surface area contributed by atoms with E-state index in [4.69, 9.17) is 10.9 Å². The van der Waals surface area contributed by atoms with Crippen LogP contribution in [0, 0.1) is 5.82 Å². The van der Waals surface area contributed by atoms with Gasteiger partial charge >= 0.3 is 0 Å². The van der Waals surface area contributed by atoms with Crippen LogP contribution in [0.5, 0.6) is 0 Å². The maximum atomic E-state index is 14.3. The van der Waals surface area contributed by atoms with E-state index in [1.54, 1.807) is 0 Å². The molecule has 0 fully saturated rings. The minimum absolute atomic E-state index is 0.119. The van der Waals surface area contributed by atoms with E-state index in [-0.39, 0.29) is 22.8 Å². The number of aryl methyl sites for hydroxylation is 1. The Morgan fingerprint density at radius 3 is 2.62 bits per heavy atom. The molecular weight excluding hydrogens is 361 g/mol. The van der Waals surface area contributed by atoms with Gasteiger partial charge in [0.25, 0.3) is 0 Å². The molecule has 0 atom stereocenters. The Hall–Kier alpha value is -2.59. The van der Waals surface area contributed by atoms with E-state index < -0.39 is 21.7 Å². The zero-order valence-electron chi connectivity index (χ0n) is 14.4. The summed E-state index contributed by atoms with van der Waals surface area (Å²) in [6, 6.07) is 3.14. The molecule has 0 unspecified atom stereocenters. The van der Waals surface area contributed by atoms with Gasteiger partial charge in [0, 0.05) is 6.42 Å². The molecule has 1 aromatic carbocycles. The highest BCUT2D eigenvalue weighted by atomic mass is 32.2. The van der Waals surface area contributed by atoms with Crippen LogP contribution < -0.4 is 10.9 Å². The van der Waals surface area contributed by atoms with Crippen LogP contribution in [-0.4, -0.2) is 29.1 Å². The highest BCUT2D eigenvalue weighted by molar-refractivity contribution is 7.89. The van der Waals surface area contributed by atoms with Gasteiger partial charge in [0.05, 0.1) is 11.3 Å². The smallest absolute Gasteiger partial charge is 0.238 e. The Kier molecular flexibility index (Phi) is 5.88. The summed E-state index contributed by atoms with van der Waals surface area (Å²) >= 11 is 0. The lowest BCUT2D eigenvalue weighted by atomic mass is 10.2. The number of primary sulfonamides is 1. The Bertz CT molecular complexity index is 962. The fourth-order valence-corrected chi connectivity index (χ4v) is 2.83. The van der Waals surface area contributed by atoms with Crippen LogP contribution >= 0.6 is 0 Å². The molecule has 4 N–H and O–H groups in total. The largest absolute Gasteiger partial charge is 0.369 e. The number of primary amides is 1. The number of nitrogens with two attached hydrogens (primary N) is 2. The number of aromatic nitrogens is 3. The fraction of sp³-hybridized carbons (Fsp3) is 0.312. The number of carbonyl (C=O) groups excluding carboxylic acids is 1. The normalized spacial score (nSPS) is 11.4. The van der Waals surface area contributed by atoms with Gasteiger partial charge in [-0.3, -0.25) is 4.79 Å². The molecule has 2 aromatic rings. The monoisotopic (exact) mass is 381 g/mol. The van der Waals surface area contributed by atoms with E-state index in [0.717, 1.165) is 23.8 Å². The van der Waals surface area contributed by atoms with Crippen LogP contribution in [0.1, 0.15) is 31.9 Å². The third-order valence-electron chi connectivity index (χ3n) is 3.45. The number of allylic oxidation sites excluding steroid dienone is 2. The zero-order valence-corrected chi connectivity index (χ0v) is 15.3. The Balaban J connectivity index is 2.54. The minimum atomic E-state index is -4.02. The van der Waals surface area contributed by atoms with E-state index in [0.29, 0.717) is 18.7 Å². The first-order chi connectivity index (χ1) is 12.1. The van der Waals surface area contributed by atoms with Crippen molar-refractivity contribution in [3.05, 3.63) is 47.3 Å². The summed E-state index contributed by atoms with van der Waals surface area (Å²) in [6.07, 6.45) is 2.80. The summed E-state index contributed by atoms with van der Waals surface area (Å²) in [7, 11) is -4.02. The van der Waals surface area contributed by atoms with Gasteiger partial charge in [-0.15, -0.1) is 0 Å². The predicted molar refractivity (Wildman–Crippen MR) is 93.3 cm³/mol. The number of rotatable bonds is 7. The van der Waals surface area contributed by atoms with Gasteiger partial charge in [-0.2, -0.15) is 5.10 Å². The number of sulfonamides is 1. The Morgan fingerprint density at radius 1 is 1.35 bits per heavy atom. The second-order valence-corrected chi connectivity index (χ2v) is 7.54. The van der Waals surface area contributed by atoms with Crippen LogP contribution in [-0.2, 0) is 27.7 Å². The van der Waals surface area contributed by atoms with Crippen LogP contribution in [0.4, 0.5) is 4.39 Å². The highest BCUT2D eigenvalue weighted by Gasteiger charge is 2.18. The van der Waals surface area contributed by atoms with Gasteiger partial charge in [0.2, 0.25) is 15.9 Å². The van der Waals surface area contributed by atoms with Crippen LogP contribution in [0.3, 0.4) is 0 Å². The van der Waals surface area contributed by atoms with Crippen molar-refractivity contribution >= 4 is 15.9 Å². The molecule has 1 aromatic heterocycles. The first kappa shape index (κ1) is 19.7. The third kappa shape index (κ3) is 4.96. The van der Waals surface area contributed by atoms with Crippen molar-refractivity contribution < 1.29 is 17.6 Å². The molecule has 1 heterocycles. The topological polar surface area (TPSA) is 134 Å². The van der Waals surface area contributed by atoms with Gasteiger partial charge in [0.1, 0.15) is 17.3 Å². The molecule has 0 aliphatic rings. The summed E-state index contributed by atoms with van der Waals surface area (Å²) in [5.41, 5.74) is 6.15. The van der Waals surface area contributed by atoms with Gasteiger partial charge < -0.3 is 5.73 Å². The fourth-order valence-electron chi connectivity index (χ4n) is 2.30. The molecule has 10 heteroatoms. The van der Waals surface area contributed by atoms with Crippen molar-refractivity contribution in [3.63, 3.8) is 0 Å². The molecule has 0 bridgehead atoms. The average molecular weight is 381 g/mol. The summed E-state index contributed by atoms with van der Waals surface area (Å²) in [6.45, 7) is 3.89. The molecular formula is C16H20FN5O3S. The van der Waals surface area contributed by atoms with Crippen molar-refractivity contribution in [3.8, 4) is 5.69 Å². The molecule has 26 heavy (non-hydrogen) atoms. The van der Waals surface area contributed by atoms with Gasteiger partial charge in [-0.05, 0) is 38.5 Å². The van der Waals surface area contributed by atoms with E-state index in [9.17, 15) is 17.6 Å². The second-order valence-electron chi connectivity index (χ2n) is 5.98. The zero-order chi connectivity index (χ0) is 19.5. The lowest BCUT2D eigenvalue weighted by Crippen LogP contribution is -2.15. The quantitative estimate of drug-likeness (QED) is 0.690. The van der Waals surface area contributed by atoms with E-state index in [1.807, 2.05) is 19.9 Å². The lowest BCUT2D eigenvalue weighted by Gasteiger charge is -2.08. The number of hydrogen-bond acceptors (Lipinski definition) is 5. The number of benzene rings is 1. The molecule has 8 nitrogen and oxygen atoms in total. The molecule has 1 amide bonds. The first-order valence-electron chi connectivity index (χ1n) is 7.77. The third-order valence-corrected chi connectivity index (χ3v) is 4.36. The molecule has 0 spiro atoms. The number of carbonyl (C=O) groups is 1. The average Bonchev–Trinajstić information content (AvgIpc) is 2.87. The lowest BCUT2D eigenvalue weighted by molar-refractivity contribution is -0.117. The van der Waals surface area contributed by atoms with Crippen molar-refractivity contribution in [2.24, 2.45) is 10.9 Å². The molecule has 2 rings (SSSR count). The Morgan fingerprint density at radius 2 is 2.04 bits per heavy atom. The minimum Gasteiger partial charge on any atom is -0.369 e. The standard InChI is InChI=1S/C16H20FN5O3S/c1-10(2)4-3-5-16-20-15(9-14(18)23)21-22(16)13-8-11(26(19,24)25)6-7-12(13)17/h4,6-8H,3,5,9H2,1-2H3,(H2,18,23)(H2,19,24,25). The summed E-state index contributed by atoms with van der Waals surface area (Å²) in [4.78, 5) is 15.1. The predicted octanol–water partition coefficient (Wildman–Crippen LogP) is 0.980. The van der Waals surface area contributed by atoms with Gasteiger partial charge in [-0.1, -0.05) is 11.6 Å². The number of hydrogen-bond donors (Lipinski definition) is 2. The van der Waals surface area contributed by atoms with Gasteiger partial charge in [0.15, 0.2) is 5.82 Å². The van der Waals surface area contributed by atoms with Crippen LogP contribution in [0.2, 0.25) is 0 Å². The van der Waals surface area contributed by atoms with Crippen LogP contribution in [0.25, 0.3) is 5.69 Å². The van der Waals surface area contributed by atoms with Crippen molar-refractivity contribution in [2.75, 3.05) is 0 Å².